The Balaban J connectivity index is 1.78. The fourth-order valence-corrected chi connectivity index (χ4v) is 3.90. The minimum atomic E-state index is -0.846. The first-order chi connectivity index (χ1) is 16.0. The van der Waals surface area contributed by atoms with Crippen molar-refractivity contribution in [2.24, 2.45) is 0 Å². The zero-order valence-electron chi connectivity index (χ0n) is 18.2. The van der Waals surface area contributed by atoms with Crippen LogP contribution >= 0.6 is 0 Å². The van der Waals surface area contributed by atoms with Crippen LogP contribution in [-0.4, -0.2) is 28.3 Å². The number of ether oxygens (including phenoxy) is 1. The third kappa shape index (κ3) is 4.65. The van der Waals surface area contributed by atoms with Gasteiger partial charge in [-0.1, -0.05) is 49.4 Å². The fraction of sp³-hybridized carbons (Fsp3) is 0.185. The van der Waals surface area contributed by atoms with Crippen LogP contribution in [-0.2, 0) is 16.1 Å². The van der Waals surface area contributed by atoms with E-state index in [1.807, 2.05) is 37.3 Å². The SMILES string of the molecule is CCCOc1ccc(/C(O)=C2\C(=O)C(=O)N(Cc3ccccc3)C2c2ccc(F)cc2)cc1. The summed E-state index contributed by atoms with van der Waals surface area (Å²) < 4.78 is 19.2. The summed E-state index contributed by atoms with van der Waals surface area (Å²) in [5.41, 5.74) is 1.74. The summed E-state index contributed by atoms with van der Waals surface area (Å²) >= 11 is 0. The van der Waals surface area contributed by atoms with Gasteiger partial charge in [-0.05, 0) is 53.9 Å². The van der Waals surface area contributed by atoms with Crippen molar-refractivity contribution in [2.45, 2.75) is 25.9 Å². The second-order valence-electron chi connectivity index (χ2n) is 7.84. The smallest absolute Gasteiger partial charge is 0.295 e. The van der Waals surface area contributed by atoms with E-state index in [1.54, 1.807) is 24.3 Å². The zero-order valence-corrected chi connectivity index (χ0v) is 18.2. The third-order valence-corrected chi connectivity index (χ3v) is 5.52. The Morgan fingerprint density at radius 1 is 0.970 bits per heavy atom. The van der Waals surface area contributed by atoms with Crippen molar-refractivity contribution in [3.05, 3.63) is 107 Å². The van der Waals surface area contributed by atoms with Crippen molar-refractivity contribution in [2.75, 3.05) is 6.61 Å². The van der Waals surface area contributed by atoms with Gasteiger partial charge >= 0.3 is 0 Å². The van der Waals surface area contributed by atoms with Crippen molar-refractivity contribution < 1.29 is 23.8 Å². The highest BCUT2D eigenvalue weighted by atomic mass is 19.1. The van der Waals surface area contributed by atoms with Gasteiger partial charge in [-0.25, -0.2) is 4.39 Å². The first-order valence-electron chi connectivity index (χ1n) is 10.8. The molecule has 0 radical (unpaired) electrons. The lowest BCUT2D eigenvalue weighted by Crippen LogP contribution is -2.29. The van der Waals surface area contributed by atoms with Crippen molar-refractivity contribution in [1.82, 2.24) is 4.90 Å². The number of halogens is 1. The van der Waals surface area contributed by atoms with Crippen LogP contribution in [0, 0.1) is 5.82 Å². The lowest BCUT2D eigenvalue weighted by molar-refractivity contribution is -0.140. The van der Waals surface area contributed by atoms with Gasteiger partial charge in [-0.2, -0.15) is 0 Å². The summed E-state index contributed by atoms with van der Waals surface area (Å²) in [4.78, 5) is 27.5. The van der Waals surface area contributed by atoms with E-state index in [0.717, 1.165) is 12.0 Å². The summed E-state index contributed by atoms with van der Waals surface area (Å²) in [7, 11) is 0. The molecule has 0 saturated carbocycles. The zero-order chi connectivity index (χ0) is 23.4. The van der Waals surface area contributed by atoms with E-state index in [1.165, 1.54) is 29.2 Å². The van der Waals surface area contributed by atoms with Gasteiger partial charge in [0, 0.05) is 12.1 Å². The average Bonchev–Trinajstić information content (AvgIpc) is 3.08. The molecule has 3 aromatic carbocycles. The molecule has 0 bridgehead atoms. The summed E-state index contributed by atoms with van der Waals surface area (Å²) in [5, 5.41) is 11.1. The first-order valence-corrected chi connectivity index (χ1v) is 10.8. The molecule has 1 heterocycles. The highest BCUT2D eigenvalue weighted by molar-refractivity contribution is 6.46. The van der Waals surface area contributed by atoms with Crippen LogP contribution in [0.1, 0.15) is 36.1 Å². The molecule has 0 aliphatic carbocycles. The molecule has 33 heavy (non-hydrogen) atoms. The maximum Gasteiger partial charge on any atom is 0.295 e. The van der Waals surface area contributed by atoms with Crippen molar-refractivity contribution in [3.8, 4) is 5.75 Å². The molecule has 0 aromatic heterocycles. The molecule has 168 valence electrons. The Hall–Kier alpha value is -3.93. The lowest BCUT2D eigenvalue weighted by atomic mass is 9.95. The Morgan fingerprint density at radius 3 is 2.27 bits per heavy atom. The predicted molar refractivity (Wildman–Crippen MR) is 123 cm³/mol. The number of nitrogens with zero attached hydrogens (tertiary/aromatic N) is 1. The van der Waals surface area contributed by atoms with Gasteiger partial charge in [0.1, 0.15) is 17.3 Å². The van der Waals surface area contributed by atoms with E-state index >= 15 is 0 Å². The number of Topliss-reactive ketones (excluding diaryl/α,β-unsaturated/α-hetero) is 1. The second-order valence-corrected chi connectivity index (χ2v) is 7.84. The van der Waals surface area contributed by atoms with Crippen LogP contribution in [0.25, 0.3) is 5.76 Å². The molecule has 1 atom stereocenters. The van der Waals surface area contributed by atoms with Crippen molar-refractivity contribution in [3.63, 3.8) is 0 Å². The number of benzene rings is 3. The van der Waals surface area contributed by atoms with Crippen LogP contribution in [0.2, 0.25) is 0 Å². The summed E-state index contributed by atoms with van der Waals surface area (Å²) in [6.07, 6.45) is 0.865. The Morgan fingerprint density at radius 2 is 1.64 bits per heavy atom. The highest BCUT2D eigenvalue weighted by Gasteiger charge is 2.46. The van der Waals surface area contributed by atoms with Crippen LogP contribution in [0.15, 0.2) is 84.4 Å². The fourth-order valence-electron chi connectivity index (χ4n) is 3.90. The maximum absolute atomic E-state index is 13.6. The van der Waals surface area contributed by atoms with Gasteiger partial charge in [0.25, 0.3) is 11.7 Å². The molecule has 1 amide bonds. The Labute approximate surface area is 191 Å². The first kappa shape index (κ1) is 22.3. The number of ketones is 1. The van der Waals surface area contributed by atoms with Gasteiger partial charge in [0.15, 0.2) is 0 Å². The topological polar surface area (TPSA) is 66.8 Å². The van der Waals surface area contributed by atoms with Crippen molar-refractivity contribution >= 4 is 17.4 Å². The lowest BCUT2D eigenvalue weighted by Gasteiger charge is -2.25. The molecule has 1 fully saturated rings. The van der Waals surface area contributed by atoms with Crippen LogP contribution in [0.3, 0.4) is 0 Å². The summed E-state index contributed by atoms with van der Waals surface area (Å²) in [5.74, 6) is -1.54. The molecule has 1 saturated heterocycles. The number of hydrogen-bond donors (Lipinski definition) is 1. The minimum Gasteiger partial charge on any atom is -0.507 e. The van der Waals surface area contributed by atoms with Gasteiger partial charge in [-0.3, -0.25) is 9.59 Å². The van der Waals surface area contributed by atoms with Crippen molar-refractivity contribution in [1.29, 1.82) is 0 Å². The molecular weight excluding hydrogens is 421 g/mol. The van der Waals surface area contributed by atoms with E-state index in [9.17, 15) is 19.1 Å². The standard InChI is InChI=1S/C27H24FNO4/c1-2-16-33-22-14-10-20(11-15-22)25(30)23-24(19-8-12-21(28)13-9-19)29(27(32)26(23)31)17-18-6-4-3-5-7-18/h3-15,24,30H,2,16-17H2,1H3/b25-23+. The molecule has 1 aliphatic rings. The normalized spacial score (nSPS) is 17.4. The minimum absolute atomic E-state index is 0.0234. The van der Waals surface area contributed by atoms with E-state index in [2.05, 4.69) is 0 Å². The molecule has 1 N–H and O–H groups in total. The number of carbonyl (C=O) groups is 2. The number of hydrogen-bond acceptors (Lipinski definition) is 4. The number of carbonyl (C=O) groups excluding carboxylic acids is 2. The maximum atomic E-state index is 13.6. The van der Waals surface area contributed by atoms with Gasteiger partial charge in [0.05, 0.1) is 18.2 Å². The quantitative estimate of drug-likeness (QED) is 0.307. The molecule has 1 aliphatic heterocycles. The number of aliphatic hydroxyl groups excluding tert-OH is 1. The van der Waals surface area contributed by atoms with E-state index in [-0.39, 0.29) is 17.9 Å². The number of aliphatic hydroxyl groups is 1. The molecule has 4 rings (SSSR count). The molecule has 5 nitrogen and oxygen atoms in total. The highest BCUT2D eigenvalue weighted by Crippen LogP contribution is 2.40. The predicted octanol–water partition coefficient (Wildman–Crippen LogP) is 5.24. The Bertz CT molecular complexity index is 1170. The van der Waals surface area contributed by atoms with Crippen LogP contribution < -0.4 is 4.74 Å². The summed E-state index contributed by atoms with van der Waals surface area (Å²) in [6.45, 7) is 2.75. The van der Waals surface area contributed by atoms with Gasteiger partial charge < -0.3 is 14.7 Å². The number of rotatable bonds is 7. The average molecular weight is 445 g/mol. The monoisotopic (exact) mass is 445 g/mol. The largest absolute Gasteiger partial charge is 0.507 e. The van der Waals surface area contributed by atoms with E-state index in [0.29, 0.717) is 23.5 Å². The molecular formula is C27H24FNO4. The second kappa shape index (κ2) is 9.69. The number of amides is 1. The molecule has 0 spiro atoms. The Kier molecular flexibility index (Phi) is 6.54. The summed E-state index contributed by atoms with van der Waals surface area (Å²) in [6, 6.07) is 20.7. The van der Waals surface area contributed by atoms with Crippen LogP contribution in [0.5, 0.6) is 5.75 Å². The molecule has 6 heteroatoms. The number of likely N-dealkylation sites (tertiary alicyclic amines) is 1. The van der Waals surface area contributed by atoms with Gasteiger partial charge in [0.2, 0.25) is 0 Å². The van der Waals surface area contributed by atoms with E-state index in [4.69, 9.17) is 4.74 Å². The van der Waals surface area contributed by atoms with Gasteiger partial charge in [-0.15, -0.1) is 0 Å². The molecule has 1 unspecified atom stereocenters. The van der Waals surface area contributed by atoms with Crippen LogP contribution in [0.4, 0.5) is 4.39 Å². The van der Waals surface area contributed by atoms with E-state index < -0.39 is 23.5 Å². The molecule has 3 aromatic rings. The third-order valence-electron chi connectivity index (χ3n) is 5.52.